The van der Waals surface area contributed by atoms with Gasteiger partial charge in [0, 0.05) is 35.8 Å². The molecule has 0 saturated heterocycles. The van der Waals surface area contributed by atoms with Gasteiger partial charge in [-0.2, -0.15) is 4.31 Å². The molecule has 1 aliphatic carbocycles. The number of carbonyl (C=O) groups excluding carboxylic acids is 1. The van der Waals surface area contributed by atoms with Crippen LogP contribution in [0.4, 0.5) is 21.9 Å². The van der Waals surface area contributed by atoms with Crippen LogP contribution in [-0.2, 0) is 19.5 Å². The van der Waals surface area contributed by atoms with Gasteiger partial charge in [0.05, 0.1) is 29.1 Å². The van der Waals surface area contributed by atoms with Crippen LogP contribution in [0, 0.1) is 5.92 Å². The Kier molecular flexibility index (Phi) is 10.4. The molecule has 2 aliphatic rings. The molecule has 1 amide bonds. The number of carboxylic acid groups (broad SMARTS) is 1. The van der Waals surface area contributed by atoms with Gasteiger partial charge in [-0.1, -0.05) is 49.1 Å². The molecule has 45 heavy (non-hydrogen) atoms. The first-order valence-corrected chi connectivity index (χ1v) is 17.7. The molecule has 242 valence electrons. The second kappa shape index (κ2) is 14.1. The van der Waals surface area contributed by atoms with Crippen molar-refractivity contribution in [3.05, 3.63) is 58.4 Å². The van der Waals surface area contributed by atoms with Crippen molar-refractivity contribution < 1.29 is 32.6 Å². The number of hydrogen-bond acceptors (Lipinski definition) is 8. The van der Waals surface area contributed by atoms with E-state index in [9.17, 15) is 23.1 Å². The number of para-hydroxylation sites is 1. The third kappa shape index (κ3) is 7.30. The molecule has 0 bridgehead atoms. The smallest absolute Gasteiger partial charge is 0.411 e. The topological polar surface area (TPSA) is 125 Å². The van der Waals surface area contributed by atoms with Crippen LogP contribution in [0.3, 0.4) is 0 Å². The Morgan fingerprint density at radius 2 is 1.80 bits per heavy atom. The van der Waals surface area contributed by atoms with Crippen LogP contribution >= 0.6 is 22.9 Å². The third-order valence-corrected chi connectivity index (χ3v) is 11.7. The fourth-order valence-corrected chi connectivity index (χ4v) is 8.94. The SMILES string of the molecule is CC(C)OCCOC(=O)Nc1cc(-c2cc3c(cc2Cl)N(c2ccccc2)C[C@@H](C2CCCCC2)N(C)S3(=O)=O)sc1C(=O)O. The van der Waals surface area contributed by atoms with Crippen molar-refractivity contribution in [3.63, 3.8) is 0 Å². The molecular formula is C32H38ClN3O7S2. The number of benzene rings is 2. The highest BCUT2D eigenvalue weighted by molar-refractivity contribution is 7.89. The van der Waals surface area contributed by atoms with Gasteiger partial charge in [0.25, 0.3) is 0 Å². The minimum absolute atomic E-state index is 0.00872. The number of halogens is 1. The number of carboxylic acids is 1. The molecule has 2 heterocycles. The maximum Gasteiger partial charge on any atom is 0.411 e. The van der Waals surface area contributed by atoms with Crippen molar-refractivity contribution in [2.24, 2.45) is 5.92 Å². The summed E-state index contributed by atoms with van der Waals surface area (Å²) in [5, 5.41) is 12.6. The molecule has 5 rings (SSSR count). The number of fused-ring (bicyclic) bond motifs is 1. The number of aromatic carboxylic acids is 1. The summed E-state index contributed by atoms with van der Waals surface area (Å²) in [7, 11) is -2.33. The number of thiophene rings is 1. The molecular weight excluding hydrogens is 638 g/mol. The van der Waals surface area contributed by atoms with Gasteiger partial charge in [-0.25, -0.2) is 18.0 Å². The Morgan fingerprint density at radius 3 is 2.47 bits per heavy atom. The van der Waals surface area contributed by atoms with Crippen LogP contribution in [-0.4, -0.2) is 68.8 Å². The van der Waals surface area contributed by atoms with Gasteiger partial charge in [0.2, 0.25) is 10.0 Å². The Morgan fingerprint density at radius 1 is 1.09 bits per heavy atom. The van der Waals surface area contributed by atoms with Crippen LogP contribution < -0.4 is 10.2 Å². The number of likely N-dealkylation sites (N-methyl/N-ethyl adjacent to an activating group) is 1. The van der Waals surface area contributed by atoms with E-state index in [4.69, 9.17) is 21.1 Å². The molecule has 0 radical (unpaired) electrons. The number of nitrogens with one attached hydrogen (secondary N) is 1. The normalized spacial score (nSPS) is 18.8. The van der Waals surface area contributed by atoms with E-state index < -0.39 is 22.1 Å². The lowest BCUT2D eigenvalue weighted by molar-refractivity contribution is 0.0427. The summed E-state index contributed by atoms with van der Waals surface area (Å²) in [6.45, 7) is 4.37. The van der Waals surface area contributed by atoms with Crippen LogP contribution in [0.2, 0.25) is 5.02 Å². The summed E-state index contributed by atoms with van der Waals surface area (Å²) < 4.78 is 40.7. The molecule has 10 nitrogen and oxygen atoms in total. The van der Waals surface area contributed by atoms with E-state index in [-0.39, 0.29) is 51.8 Å². The Balaban J connectivity index is 1.55. The van der Waals surface area contributed by atoms with E-state index >= 15 is 0 Å². The summed E-state index contributed by atoms with van der Waals surface area (Å²) in [6.07, 6.45) is 4.37. The van der Waals surface area contributed by atoms with Crippen molar-refractivity contribution in [3.8, 4) is 10.4 Å². The standard InChI is InChI=1S/C32H38ClN3O7S2/c1-20(2)42-14-15-43-32(39)34-25-18-28(44-30(25)31(37)38)23-16-29-26(17-24(23)33)36(22-12-8-5-9-13-22)19-27(35(3)45(29,40)41)21-10-6-4-7-11-21/h5,8-9,12-13,16-18,20-21,27H,4,6-7,10-11,14-15,19H2,1-3H3,(H,34,39)(H,37,38)/t27-/m0/s1. The van der Waals surface area contributed by atoms with Gasteiger partial charge < -0.3 is 19.5 Å². The summed E-state index contributed by atoms with van der Waals surface area (Å²) in [6, 6.07) is 14.0. The fraction of sp³-hybridized carbons (Fsp3) is 0.438. The van der Waals surface area contributed by atoms with Gasteiger partial charge in [0.15, 0.2) is 0 Å². The lowest BCUT2D eigenvalue weighted by Gasteiger charge is -2.36. The van der Waals surface area contributed by atoms with Crippen LogP contribution in [0.15, 0.2) is 53.4 Å². The highest BCUT2D eigenvalue weighted by Gasteiger charge is 2.41. The molecule has 3 aromatic rings. The lowest BCUT2D eigenvalue weighted by atomic mass is 9.83. The molecule has 0 spiro atoms. The van der Waals surface area contributed by atoms with Gasteiger partial charge in [-0.15, -0.1) is 11.3 Å². The molecule has 1 atom stereocenters. The number of rotatable bonds is 9. The molecule has 0 unspecified atom stereocenters. The molecule has 2 N–H and O–H groups in total. The highest BCUT2D eigenvalue weighted by atomic mass is 35.5. The zero-order valence-electron chi connectivity index (χ0n) is 25.5. The average molecular weight is 676 g/mol. The molecule has 2 aromatic carbocycles. The number of carbonyl (C=O) groups is 2. The minimum atomic E-state index is -3.98. The first-order chi connectivity index (χ1) is 21.5. The van der Waals surface area contributed by atoms with E-state index in [0.29, 0.717) is 22.7 Å². The summed E-state index contributed by atoms with van der Waals surface area (Å²) in [4.78, 5) is 26.9. The molecule has 1 saturated carbocycles. The minimum Gasteiger partial charge on any atom is -0.477 e. The van der Waals surface area contributed by atoms with Crippen molar-refractivity contribution in [2.45, 2.75) is 63.0 Å². The van der Waals surface area contributed by atoms with Gasteiger partial charge in [0.1, 0.15) is 16.4 Å². The van der Waals surface area contributed by atoms with E-state index in [1.54, 1.807) is 13.1 Å². The Hall–Kier alpha value is -3.16. The first-order valence-electron chi connectivity index (χ1n) is 15.0. The van der Waals surface area contributed by atoms with Crippen LogP contribution in [0.5, 0.6) is 0 Å². The third-order valence-electron chi connectivity index (χ3n) is 8.29. The predicted octanol–water partition coefficient (Wildman–Crippen LogP) is 7.46. The molecule has 1 aromatic heterocycles. The predicted molar refractivity (Wildman–Crippen MR) is 177 cm³/mol. The number of hydrogen-bond donors (Lipinski definition) is 2. The van der Waals surface area contributed by atoms with Gasteiger partial charge in [-0.05, 0) is 62.9 Å². The summed E-state index contributed by atoms with van der Waals surface area (Å²) >= 11 is 7.76. The van der Waals surface area contributed by atoms with Gasteiger partial charge in [-0.3, -0.25) is 5.32 Å². The number of amides is 1. The monoisotopic (exact) mass is 675 g/mol. The average Bonchev–Trinajstić information content (AvgIpc) is 3.40. The van der Waals surface area contributed by atoms with Crippen molar-refractivity contribution in [1.29, 1.82) is 0 Å². The van der Waals surface area contributed by atoms with Crippen LogP contribution in [0.1, 0.15) is 55.6 Å². The summed E-state index contributed by atoms with van der Waals surface area (Å²) in [5.74, 6) is -1.04. The number of sulfonamides is 1. The second-order valence-corrected chi connectivity index (χ2v) is 15.0. The molecule has 1 aliphatic heterocycles. The van der Waals surface area contributed by atoms with Crippen molar-refractivity contribution in [1.82, 2.24) is 4.31 Å². The number of anilines is 3. The fourth-order valence-electron chi connectivity index (χ4n) is 6.04. The molecule has 13 heteroatoms. The van der Waals surface area contributed by atoms with E-state index in [1.807, 2.05) is 49.1 Å². The number of ether oxygens (including phenoxy) is 2. The van der Waals surface area contributed by atoms with Crippen LogP contribution in [0.25, 0.3) is 10.4 Å². The van der Waals surface area contributed by atoms with E-state index in [0.717, 1.165) is 49.1 Å². The Bertz CT molecular complexity index is 1640. The first kappa shape index (κ1) is 33.2. The maximum absolute atomic E-state index is 14.3. The number of nitrogens with zero attached hydrogens (tertiary/aromatic N) is 2. The zero-order chi connectivity index (χ0) is 32.3. The van der Waals surface area contributed by atoms with E-state index in [1.165, 1.54) is 16.4 Å². The van der Waals surface area contributed by atoms with Crippen molar-refractivity contribution in [2.75, 3.05) is 37.0 Å². The van der Waals surface area contributed by atoms with Crippen molar-refractivity contribution >= 4 is 62.1 Å². The lowest BCUT2D eigenvalue weighted by Crippen LogP contribution is -2.46. The Labute approximate surface area is 272 Å². The molecule has 1 fully saturated rings. The quantitative estimate of drug-likeness (QED) is 0.224. The largest absolute Gasteiger partial charge is 0.477 e. The second-order valence-electron chi connectivity index (χ2n) is 11.6. The zero-order valence-corrected chi connectivity index (χ0v) is 27.9. The van der Waals surface area contributed by atoms with E-state index in [2.05, 4.69) is 5.32 Å². The van der Waals surface area contributed by atoms with Gasteiger partial charge >= 0.3 is 12.1 Å². The maximum atomic E-state index is 14.3. The summed E-state index contributed by atoms with van der Waals surface area (Å²) in [5.41, 5.74) is 1.67. The highest BCUT2D eigenvalue weighted by Crippen LogP contribution is 2.46.